The summed E-state index contributed by atoms with van der Waals surface area (Å²) in [4.78, 5) is 4.30. The predicted molar refractivity (Wildman–Crippen MR) is 76.5 cm³/mol. The summed E-state index contributed by atoms with van der Waals surface area (Å²) < 4.78 is 7.71. The molecule has 2 N–H and O–H groups in total. The normalized spacial score (nSPS) is 12.4. The molecule has 1 aromatic heterocycles. The van der Waals surface area contributed by atoms with Gasteiger partial charge in [-0.3, -0.25) is 0 Å². The van der Waals surface area contributed by atoms with Crippen molar-refractivity contribution in [2.45, 2.75) is 25.9 Å². The summed E-state index contributed by atoms with van der Waals surface area (Å²) >= 11 is 5.89. The maximum atomic E-state index is 6.06. The number of hydrogen-bond acceptors (Lipinski definition) is 3. The fourth-order valence-electron chi connectivity index (χ4n) is 1.87. The van der Waals surface area contributed by atoms with Crippen molar-refractivity contribution in [3.63, 3.8) is 0 Å². The predicted octanol–water partition coefficient (Wildman–Crippen LogP) is 2.51. The van der Waals surface area contributed by atoms with Crippen LogP contribution >= 0.6 is 11.6 Å². The molecule has 0 aliphatic heterocycles. The average molecular weight is 280 g/mol. The molecule has 1 aromatic carbocycles. The Kier molecular flexibility index (Phi) is 4.82. The van der Waals surface area contributed by atoms with Crippen molar-refractivity contribution in [2.75, 3.05) is 6.61 Å². The van der Waals surface area contributed by atoms with Crippen LogP contribution in [0.25, 0.3) is 0 Å². The monoisotopic (exact) mass is 279 g/mol. The first-order chi connectivity index (χ1) is 9.19. The number of imidazole rings is 1. The zero-order valence-electron chi connectivity index (χ0n) is 10.9. The lowest BCUT2D eigenvalue weighted by Crippen LogP contribution is -2.31. The van der Waals surface area contributed by atoms with Crippen LogP contribution in [-0.2, 0) is 13.0 Å². The fraction of sp³-hybridized carbons (Fsp3) is 0.357. The molecule has 0 saturated heterocycles. The molecule has 1 atom stereocenters. The molecule has 0 saturated carbocycles. The van der Waals surface area contributed by atoms with Crippen LogP contribution in [0.3, 0.4) is 0 Å². The van der Waals surface area contributed by atoms with E-state index in [-0.39, 0.29) is 6.04 Å². The topological polar surface area (TPSA) is 53.1 Å². The van der Waals surface area contributed by atoms with Crippen LogP contribution in [0, 0.1) is 0 Å². The molecule has 0 aliphatic carbocycles. The molecule has 0 amide bonds. The summed E-state index contributed by atoms with van der Waals surface area (Å²) in [5, 5.41) is 0.660. The van der Waals surface area contributed by atoms with Gasteiger partial charge in [0.25, 0.3) is 0 Å². The van der Waals surface area contributed by atoms with Crippen LogP contribution in [-0.4, -0.2) is 22.2 Å². The molecule has 1 unspecified atom stereocenters. The van der Waals surface area contributed by atoms with Gasteiger partial charge in [-0.2, -0.15) is 0 Å². The van der Waals surface area contributed by atoms with Crippen LogP contribution in [0.5, 0.6) is 5.75 Å². The van der Waals surface area contributed by atoms with E-state index < -0.39 is 0 Å². The highest BCUT2D eigenvalue weighted by Gasteiger charge is 2.09. The molecular formula is C14H18ClN3O. The third-order valence-electron chi connectivity index (χ3n) is 2.85. The Labute approximate surface area is 118 Å². The number of rotatable bonds is 6. The molecular weight excluding hydrogens is 262 g/mol. The van der Waals surface area contributed by atoms with Gasteiger partial charge in [0.15, 0.2) is 0 Å². The van der Waals surface area contributed by atoms with Gasteiger partial charge >= 0.3 is 0 Å². The summed E-state index contributed by atoms with van der Waals surface area (Å²) in [5.41, 5.74) is 6.06. The largest absolute Gasteiger partial charge is 0.492 e. The van der Waals surface area contributed by atoms with E-state index >= 15 is 0 Å². The van der Waals surface area contributed by atoms with Gasteiger partial charge in [0.05, 0.1) is 0 Å². The summed E-state index contributed by atoms with van der Waals surface area (Å²) in [6.45, 7) is 3.42. The highest BCUT2D eigenvalue weighted by atomic mass is 35.5. The van der Waals surface area contributed by atoms with E-state index in [4.69, 9.17) is 22.1 Å². The van der Waals surface area contributed by atoms with Crippen molar-refractivity contribution in [1.82, 2.24) is 9.55 Å². The zero-order valence-corrected chi connectivity index (χ0v) is 11.7. The van der Waals surface area contributed by atoms with Crippen LogP contribution in [0.2, 0.25) is 5.02 Å². The van der Waals surface area contributed by atoms with Crippen molar-refractivity contribution in [3.05, 3.63) is 47.5 Å². The Morgan fingerprint density at radius 1 is 1.47 bits per heavy atom. The van der Waals surface area contributed by atoms with E-state index in [2.05, 4.69) is 16.5 Å². The standard InChI is InChI=1S/C14H18ClN3O/c1-2-18-7-6-17-14(18)9-12(16)10-19-13-5-3-4-11(15)8-13/h3-8,12H,2,9-10,16H2,1H3. The summed E-state index contributed by atoms with van der Waals surface area (Å²) in [5.74, 6) is 1.73. The highest BCUT2D eigenvalue weighted by molar-refractivity contribution is 6.30. The number of ether oxygens (including phenoxy) is 1. The quantitative estimate of drug-likeness (QED) is 0.884. The molecule has 0 radical (unpaired) electrons. The van der Waals surface area contributed by atoms with Crippen LogP contribution < -0.4 is 10.5 Å². The van der Waals surface area contributed by atoms with Crippen LogP contribution in [0.1, 0.15) is 12.7 Å². The first-order valence-corrected chi connectivity index (χ1v) is 6.70. The third kappa shape index (κ3) is 3.98. The van der Waals surface area contributed by atoms with E-state index in [9.17, 15) is 0 Å². The van der Waals surface area contributed by atoms with E-state index in [1.165, 1.54) is 0 Å². The van der Waals surface area contributed by atoms with E-state index in [1.807, 2.05) is 24.4 Å². The van der Waals surface area contributed by atoms with Crippen LogP contribution in [0.4, 0.5) is 0 Å². The second kappa shape index (κ2) is 6.59. The molecule has 102 valence electrons. The van der Waals surface area contributed by atoms with Crippen LogP contribution in [0.15, 0.2) is 36.7 Å². The average Bonchev–Trinajstić information content (AvgIpc) is 2.84. The maximum Gasteiger partial charge on any atom is 0.120 e. The number of halogens is 1. The first-order valence-electron chi connectivity index (χ1n) is 6.33. The minimum atomic E-state index is -0.0910. The molecule has 0 bridgehead atoms. The molecule has 2 aromatic rings. The van der Waals surface area contributed by atoms with E-state index in [0.717, 1.165) is 18.1 Å². The minimum Gasteiger partial charge on any atom is -0.492 e. The Balaban J connectivity index is 1.86. The molecule has 4 nitrogen and oxygen atoms in total. The molecule has 19 heavy (non-hydrogen) atoms. The first kappa shape index (κ1) is 13.9. The summed E-state index contributed by atoms with van der Waals surface area (Å²) in [7, 11) is 0. The van der Waals surface area contributed by atoms with Gasteiger partial charge in [0.2, 0.25) is 0 Å². The molecule has 5 heteroatoms. The number of benzene rings is 1. The number of hydrogen-bond donors (Lipinski definition) is 1. The van der Waals surface area contributed by atoms with Gasteiger partial charge in [0, 0.05) is 36.4 Å². The van der Waals surface area contributed by atoms with E-state index in [1.54, 1.807) is 12.3 Å². The summed E-state index contributed by atoms with van der Waals surface area (Å²) in [6, 6.07) is 7.22. The van der Waals surface area contributed by atoms with E-state index in [0.29, 0.717) is 18.1 Å². The van der Waals surface area contributed by atoms with Gasteiger partial charge in [-0.25, -0.2) is 4.98 Å². The van der Waals surface area contributed by atoms with Gasteiger partial charge in [-0.1, -0.05) is 17.7 Å². The second-order valence-corrected chi connectivity index (χ2v) is 4.80. The third-order valence-corrected chi connectivity index (χ3v) is 3.08. The lowest BCUT2D eigenvalue weighted by Gasteiger charge is -2.13. The van der Waals surface area contributed by atoms with Gasteiger partial charge in [-0.15, -0.1) is 0 Å². The second-order valence-electron chi connectivity index (χ2n) is 4.36. The maximum absolute atomic E-state index is 6.06. The van der Waals surface area contributed by atoms with Crippen molar-refractivity contribution < 1.29 is 4.74 Å². The number of nitrogens with zero attached hydrogens (tertiary/aromatic N) is 2. The van der Waals surface area contributed by atoms with Crippen molar-refractivity contribution >= 4 is 11.6 Å². The SMILES string of the molecule is CCn1ccnc1CC(N)COc1cccc(Cl)c1. The lowest BCUT2D eigenvalue weighted by molar-refractivity contribution is 0.285. The Hall–Kier alpha value is -1.52. The lowest BCUT2D eigenvalue weighted by atomic mass is 10.2. The Bertz CT molecular complexity index is 527. The number of aromatic nitrogens is 2. The highest BCUT2D eigenvalue weighted by Crippen LogP contribution is 2.17. The Morgan fingerprint density at radius 3 is 3.05 bits per heavy atom. The zero-order chi connectivity index (χ0) is 13.7. The van der Waals surface area contributed by atoms with Crippen molar-refractivity contribution in [2.24, 2.45) is 5.73 Å². The molecule has 0 aliphatic rings. The molecule has 2 rings (SSSR count). The van der Waals surface area contributed by atoms with Gasteiger partial charge < -0.3 is 15.0 Å². The summed E-state index contributed by atoms with van der Waals surface area (Å²) in [6.07, 6.45) is 4.45. The molecule has 0 spiro atoms. The Morgan fingerprint density at radius 2 is 2.32 bits per heavy atom. The van der Waals surface area contributed by atoms with Crippen molar-refractivity contribution in [1.29, 1.82) is 0 Å². The van der Waals surface area contributed by atoms with Gasteiger partial charge in [-0.05, 0) is 25.1 Å². The van der Waals surface area contributed by atoms with Gasteiger partial charge in [0.1, 0.15) is 18.2 Å². The smallest absolute Gasteiger partial charge is 0.120 e. The fourth-order valence-corrected chi connectivity index (χ4v) is 2.05. The number of nitrogens with two attached hydrogens (primary N) is 1. The number of aryl methyl sites for hydroxylation is 1. The van der Waals surface area contributed by atoms with Crippen molar-refractivity contribution in [3.8, 4) is 5.75 Å². The minimum absolute atomic E-state index is 0.0910. The molecule has 0 fully saturated rings. The molecule has 1 heterocycles.